The lowest BCUT2D eigenvalue weighted by atomic mass is 9.78. The van der Waals surface area contributed by atoms with Crippen LogP contribution in [-0.4, -0.2) is 19.4 Å². The molecule has 0 aliphatic carbocycles. The Morgan fingerprint density at radius 3 is 2.26 bits per heavy atom. The van der Waals surface area contributed by atoms with Gasteiger partial charge in [-0.3, -0.25) is 0 Å². The summed E-state index contributed by atoms with van der Waals surface area (Å²) in [6.45, 7) is 14.5. The van der Waals surface area contributed by atoms with Crippen molar-refractivity contribution >= 4 is 6.29 Å². The lowest BCUT2D eigenvalue weighted by molar-refractivity contribution is -0.107. The predicted molar refractivity (Wildman–Crippen MR) is 81.8 cm³/mol. The second-order valence-corrected chi connectivity index (χ2v) is 6.96. The van der Waals surface area contributed by atoms with Crippen molar-refractivity contribution in [2.45, 2.75) is 52.4 Å². The van der Waals surface area contributed by atoms with E-state index in [1.54, 1.807) is 0 Å². The van der Waals surface area contributed by atoms with Gasteiger partial charge in [0.15, 0.2) is 0 Å². The summed E-state index contributed by atoms with van der Waals surface area (Å²) in [6, 6.07) is 6.75. The van der Waals surface area contributed by atoms with Crippen molar-refractivity contribution in [1.82, 2.24) is 5.32 Å². The fourth-order valence-electron chi connectivity index (χ4n) is 2.43. The second kappa shape index (κ2) is 5.87. The Morgan fingerprint density at radius 1 is 1.16 bits per heavy atom. The first kappa shape index (κ1) is 15.9. The van der Waals surface area contributed by atoms with Gasteiger partial charge in [-0.1, -0.05) is 52.8 Å². The van der Waals surface area contributed by atoms with Gasteiger partial charge in [0.05, 0.1) is 6.54 Å². The maximum atomic E-state index is 10.4. The topological polar surface area (TPSA) is 29.1 Å². The van der Waals surface area contributed by atoms with E-state index in [1.165, 1.54) is 16.7 Å². The molecule has 0 aliphatic rings. The van der Waals surface area contributed by atoms with E-state index in [9.17, 15) is 4.79 Å². The number of hydrogen-bond donors (Lipinski definition) is 1. The van der Waals surface area contributed by atoms with Gasteiger partial charge < -0.3 is 10.1 Å². The molecule has 2 heteroatoms. The molecule has 2 nitrogen and oxygen atoms in total. The quantitative estimate of drug-likeness (QED) is 0.650. The molecular formula is C17H27NO. The van der Waals surface area contributed by atoms with E-state index >= 15 is 0 Å². The molecular weight excluding hydrogens is 234 g/mol. The van der Waals surface area contributed by atoms with Crippen molar-refractivity contribution < 1.29 is 4.79 Å². The molecule has 1 N–H and O–H groups in total. The Labute approximate surface area is 117 Å². The number of aryl methyl sites for hydroxylation is 1. The van der Waals surface area contributed by atoms with E-state index in [-0.39, 0.29) is 10.8 Å². The molecule has 1 aromatic carbocycles. The molecule has 0 aliphatic heterocycles. The first-order chi connectivity index (χ1) is 8.68. The minimum Gasteiger partial charge on any atom is -0.309 e. The Hall–Kier alpha value is -1.15. The van der Waals surface area contributed by atoms with Crippen LogP contribution in [0.2, 0.25) is 0 Å². The monoisotopic (exact) mass is 261 g/mol. The molecule has 0 fully saturated rings. The molecule has 106 valence electrons. The Kier molecular flexibility index (Phi) is 4.92. The summed E-state index contributed by atoms with van der Waals surface area (Å²) in [5.41, 5.74) is 4.25. The van der Waals surface area contributed by atoms with E-state index in [0.717, 1.165) is 12.8 Å². The van der Waals surface area contributed by atoms with Crippen molar-refractivity contribution in [3.63, 3.8) is 0 Å². The van der Waals surface area contributed by atoms with Crippen LogP contribution in [0.1, 0.15) is 51.3 Å². The number of hydrogen-bond acceptors (Lipinski definition) is 2. The van der Waals surface area contributed by atoms with Gasteiger partial charge >= 0.3 is 0 Å². The third kappa shape index (κ3) is 4.17. The first-order valence-electron chi connectivity index (χ1n) is 6.94. The maximum absolute atomic E-state index is 10.4. The van der Waals surface area contributed by atoms with Crippen LogP contribution in [-0.2, 0) is 15.6 Å². The Bertz CT molecular complexity index is 441. The molecule has 0 saturated heterocycles. The fourth-order valence-corrected chi connectivity index (χ4v) is 2.43. The molecule has 0 amide bonds. The maximum Gasteiger partial charge on any atom is 0.133 e. The van der Waals surface area contributed by atoms with Gasteiger partial charge in [0.2, 0.25) is 0 Å². The van der Waals surface area contributed by atoms with Gasteiger partial charge in [0.1, 0.15) is 6.29 Å². The van der Waals surface area contributed by atoms with Crippen LogP contribution in [0.3, 0.4) is 0 Å². The van der Waals surface area contributed by atoms with E-state index in [1.807, 2.05) is 0 Å². The molecule has 1 rings (SSSR count). The second-order valence-electron chi connectivity index (χ2n) is 6.96. The standard InChI is InChI=1S/C17H27NO/c1-13-11-14(16(2,3)4)7-8-15(13)17(5,6)12-18-9-10-19/h7-8,10-11,18H,9,12H2,1-6H3. The normalized spacial score (nSPS) is 12.5. The third-order valence-corrected chi connectivity index (χ3v) is 3.62. The number of carbonyl (C=O) groups is 1. The molecule has 19 heavy (non-hydrogen) atoms. The Morgan fingerprint density at radius 2 is 1.79 bits per heavy atom. The zero-order valence-corrected chi connectivity index (χ0v) is 13.1. The van der Waals surface area contributed by atoms with Crippen LogP contribution in [0, 0.1) is 6.92 Å². The first-order valence-corrected chi connectivity index (χ1v) is 6.94. The summed E-state index contributed by atoms with van der Waals surface area (Å²) in [7, 11) is 0. The summed E-state index contributed by atoms with van der Waals surface area (Å²) in [5, 5.41) is 3.18. The molecule has 0 atom stereocenters. The highest BCUT2D eigenvalue weighted by molar-refractivity contribution is 5.51. The lowest BCUT2D eigenvalue weighted by Crippen LogP contribution is -2.34. The molecule has 0 unspecified atom stereocenters. The number of aldehydes is 1. The SMILES string of the molecule is Cc1cc(C(C)(C)C)ccc1C(C)(C)CNCC=O. The van der Waals surface area contributed by atoms with E-state index < -0.39 is 0 Å². The van der Waals surface area contributed by atoms with Crippen LogP contribution in [0.5, 0.6) is 0 Å². The van der Waals surface area contributed by atoms with Crippen molar-refractivity contribution in [1.29, 1.82) is 0 Å². The summed E-state index contributed by atoms with van der Waals surface area (Å²) >= 11 is 0. The summed E-state index contributed by atoms with van der Waals surface area (Å²) in [6.07, 6.45) is 0.908. The van der Waals surface area contributed by atoms with Crippen LogP contribution in [0.25, 0.3) is 0 Å². The molecule has 0 heterocycles. The number of carbonyl (C=O) groups excluding carboxylic acids is 1. The number of nitrogens with one attached hydrogen (secondary N) is 1. The molecule has 0 aromatic heterocycles. The Balaban J connectivity index is 2.98. The summed E-state index contributed by atoms with van der Waals surface area (Å²) < 4.78 is 0. The van der Waals surface area contributed by atoms with Crippen LogP contribution >= 0.6 is 0 Å². The predicted octanol–water partition coefficient (Wildman–Crippen LogP) is 3.36. The molecule has 0 radical (unpaired) electrons. The molecule has 0 spiro atoms. The van der Waals surface area contributed by atoms with E-state index in [0.29, 0.717) is 6.54 Å². The van der Waals surface area contributed by atoms with Gasteiger partial charge in [-0.05, 0) is 29.0 Å². The van der Waals surface area contributed by atoms with Gasteiger partial charge in [0.25, 0.3) is 0 Å². The number of rotatable bonds is 5. The fraction of sp³-hybridized carbons (Fsp3) is 0.588. The molecule has 0 saturated carbocycles. The molecule has 0 bridgehead atoms. The smallest absolute Gasteiger partial charge is 0.133 e. The van der Waals surface area contributed by atoms with Crippen molar-refractivity contribution in [3.8, 4) is 0 Å². The summed E-state index contributed by atoms with van der Waals surface area (Å²) in [5.74, 6) is 0. The zero-order valence-electron chi connectivity index (χ0n) is 13.1. The summed E-state index contributed by atoms with van der Waals surface area (Å²) in [4.78, 5) is 10.4. The third-order valence-electron chi connectivity index (χ3n) is 3.62. The van der Waals surface area contributed by atoms with Gasteiger partial charge in [0, 0.05) is 12.0 Å². The van der Waals surface area contributed by atoms with Crippen molar-refractivity contribution in [2.75, 3.05) is 13.1 Å². The van der Waals surface area contributed by atoms with Gasteiger partial charge in [-0.2, -0.15) is 0 Å². The number of benzene rings is 1. The average Bonchev–Trinajstić information content (AvgIpc) is 2.27. The minimum atomic E-state index is 0.0313. The van der Waals surface area contributed by atoms with Crippen LogP contribution < -0.4 is 5.32 Å². The zero-order chi connectivity index (χ0) is 14.7. The average molecular weight is 261 g/mol. The minimum absolute atomic E-state index is 0.0313. The highest BCUT2D eigenvalue weighted by Crippen LogP contribution is 2.30. The molecule has 1 aromatic rings. The highest BCUT2D eigenvalue weighted by atomic mass is 16.1. The van der Waals surface area contributed by atoms with Crippen LogP contribution in [0.4, 0.5) is 0 Å². The van der Waals surface area contributed by atoms with Gasteiger partial charge in [-0.15, -0.1) is 0 Å². The van der Waals surface area contributed by atoms with E-state index in [4.69, 9.17) is 0 Å². The largest absolute Gasteiger partial charge is 0.309 e. The van der Waals surface area contributed by atoms with E-state index in [2.05, 4.69) is 65.1 Å². The van der Waals surface area contributed by atoms with Crippen molar-refractivity contribution in [3.05, 3.63) is 34.9 Å². The lowest BCUT2D eigenvalue weighted by Gasteiger charge is -2.29. The van der Waals surface area contributed by atoms with Crippen LogP contribution in [0.15, 0.2) is 18.2 Å². The highest BCUT2D eigenvalue weighted by Gasteiger charge is 2.23. The van der Waals surface area contributed by atoms with Gasteiger partial charge in [-0.25, -0.2) is 0 Å². The van der Waals surface area contributed by atoms with Crippen molar-refractivity contribution in [2.24, 2.45) is 0 Å².